The number of hydrogen-bond acceptors (Lipinski definition) is 2. The Balaban J connectivity index is 2.88. The SMILES string of the molecule is Cc1ccc2scc(CCl)c2c1C=O. The normalized spacial score (nSPS) is 10.7. The molecule has 0 fully saturated rings. The van der Waals surface area contributed by atoms with Crippen molar-refractivity contribution in [3.8, 4) is 0 Å². The summed E-state index contributed by atoms with van der Waals surface area (Å²) in [5, 5.41) is 3.05. The fraction of sp³-hybridized carbons (Fsp3) is 0.182. The van der Waals surface area contributed by atoms with Gasteiger partial charge in [-0.2, -0.15) is 0 Å². The Morgan fingerprint density at radius 1 is 1.50 bits per heavy atom. The maximum absolute atomic E-state index is 11.0. The van der Waals surface area contributed by atoms with E-state index in [1.807, 2.05) is 24.4 Å². The second-order valence-corrected chi connectivity index (χ2v) is 4.36. The summed E-state index contributed by atoms with van der Waals surface area (Å²) in [7, 11) is 0. The van der Waals surface area contributed by atoms with Gasteiger partial charge in [-0.25, -0.2) is 0 Å². The van der Waals surface area contributed by atoms with E-state index < -0.39 is 0 Å². The van der Waals surface area contributed by atoms with Crippen LogP contribution in [0.25, 0.3) is 10.1 Å². The number of hydrogen-bond donors (Lipinski definition) is 0. The predicted molar refractivity (Wildman–Crippen MR) is 61.5 cm³/mol. The number of aldehydes is 1. The minimum Gasteiger partial charge on any atom is -0.298 e. The van der Waals surface area contributed by atoms with Gasteiger partial charge in [0.2, 0.25) is 0 Å². The number of thiophene rings is 1. The minimum absolute atomic E-state index is 0.463. The van der Waals surface area contributed by atoms with Gasteiger partial charge in [-0.3, -0.25) is 4.79 Å². The lowest BCUT2D eigenvalue weighted by atomic mass is 10.0. The zero-order valence-electron chi connectivity index (χ0n) is 7.71. The van der Waals surface area contributed by atoms with Crippen molar-refractivity contribution in [1.82, 2.24) is 0 Å². The van der Waals surface area contributed by atoms with E-state index in [0.717, 1.165) is 33.1 Å². The van der Waals surface area contributed by atoms with Crippen LogP contribution in [0, 0.1) is 6.92 Å². The Kier molecular flexibility index (Phi) is 2.57. The van der Waals surface area contributed by atoms with E-state index in [9.17, 15) is 4.79 Å². The molecular weight excluding hydrogens is 216 g/mol. The number of carbonyl (C=O) groups excluding carboxylic acids is 1. The molecule has 0 spiro atoms. The second-order valence-electron chi connectivity index (χ2n) is 3.18. The van der Waals surface area contributed by atoms with Gasteiger partial charge in [-0.05, 0) is 29.5 Å². The van der Waals surface area contributed by atoms with Crippen LogP contribution in [0.4, 0.5) is 0 Å². The smallest absolute Gasteiger partial charge is 0.150 e. The molecule has 1 aromatic heterocycles. The summed E-state index contributed by atoms with van der Waals surface area (Å²) in [4.78, 5) is 11.0. The molecule has 14 heavy (non-hydrogen) atoms. The largest absolute Gasteiger partial charge is 0.298 e. The molecule has 0 N–H and O–H groups in total. The maximum atomic E-state index is 11.0. The molecule has 1 nitrogen and oxygen atoms in total. The first-order chi connectivity index (χ1) is 6.77. The molecule has 0 unspecified atom stereocenters. The summed E-state index contributed by atoms with van der Waals surface area (Å²) >= 11 is 7.45. The number of alkyl halides is 1. The van der Waals surface area contributed by atoms with Crippen molar-refractivity contribution in [3.05, 3.63) is 34.2 Å². The number of carbonyl (C=O) groups is 1. The highest BCUT2D eigenvalue weighted by Gasteiger charge is 2.09. The molecule has 2 aromatic rings. The third-order valence-electron chi connectivity index (χ3n) is 2.34. The number of benzene rings is 1. The van der Waals surface area contributed by atoms with E-state index in [4.69, 9.17) is 11.6 Å². The van der Waals surface area contributed by atoms with E-state index in [0.29, 0.717) is 5.88 Å². The van der Waals surface area contributed by atoms with Crippen LogP contribution in [0.2, 0.25) is 0 Å². The summed E-state index contributed by atoms with van der Waals surface area (Å²) in [5.74, 6) is 0.463. The fourth-order valence-corrected chi connectivity index (χ4v) is 2.86. The van der Waals surface area contributed by atoms with Gasteiger partial charge >= 0.3 is 0 Å². The average Bonchev–Trinajstić information content (AvgIpc) is 2.61. The third kappa shape index (κ3) is 1.35. The fourth-order valence-electron chi connectivity index (χ4n) is 1.58. The Morgan fingerprint density at radius 3 is 2.93 bits per heavy atom. The first kappa shape index (κ1) is 9.69. The van der Waals surface area contributed by atoms with Gasteiger partial charge in [0.1, 0.15) is 0 Å². The molecule has 0 aliphatic carbocycles. The van der Waals surface area contributed by atoms with Crippen molar-refractivity contribution in [1.29, 1.82) is 0 Å². The minimum atomic E-state index is 0.463. The highest BCUT2D eigenvalue weighted by Crippen LogP contribution is 2.31. The molecule has 3 heteroatoms. The number of rotatable bonds is 2. The maximum Gasteiger partial charge on any atom is 0.150 e. The molecule has 0 bridgehead atoms. The molecule has 0 atom stereocenters. The van der Waals surface area contributed by atoms with E-state index >= 15 is 0 Å². The first-order valence-electron chi connectivity index (χ1n) is 4.28. The molecule has 0 radical (unpaired) electrons. The number of fused-ring (bicyclic) bond motifs is 1. The summed E-state index contributed by atoms with van der Waals surface area (Å²) in [5.41, 5.74) is 2.84. The lowest BCUT2D eigenvalue weighted by Gasteiger charge is -2.01. The Hall–Kier alpha value is -0.860. The monoisotopic (exact) mass is 224 g/mol. The lowest BCUT2D eigenvalue weighted by molar-refractivity contribution is 0.112. The van der Waals surface area contributed by atoms with Gasteiger partial charge < -0.3 is 0 Å². The summed E-state index contributed by atoms with van der Waals surface area (Å²) in [6.45, 7) is 1.94. The van der Waals surface area contributed by atoms with E-state index in [2.05, 4.69) is 0 Å². The quantitative estimate of drug-likeness (QED) is 0.561. The number of halogens is 1. The average molecular weight is 225 g/mol. The van der Waals surface area contributed by atoms with Gasteiger partial charge in [-0.15, -0.1) is 22.9 Å². The zero-order chi connectivity index (χ0) is 10.1. The van der Waals surface area contributed by atoms with Crippen molar-refractivity contribution in [2.75, 3.05) is 0 Å². The molecule has 0 amide bonds. The highest BCUT2D eigenvalue weighted by molar-refractivity contribution is 7.17. The highest BCUT2D eigenvalue weighted by atomic mass is 35.5. The van der Waals surface area contributed by atoms with Crippen LogP contribution in [0.3, 0.4) is 0 Å². The molecule has 1 aromatic carbocycles. The first-order valence-corrected chi connectivity index (χ1v) is 5.70. The predicted octanol–water partition coefficient (Wildman–Crippen LogP) is 3.76. The topological polar surface area (TPSA) is 17.1 Å². The molecular formula is C11H9ClOS. The summed E-state index contributed by atoms with van der Waals surface area (Å²) in [6, 6.07) is 4.01. The Morgan fingerprint density at radius 2 is 2.29 bits per heavy atom. The van der Waals surface area contributed by atoms with Gasteiger partial charge in [0.15, 0.2) is 6.29 Å². The molecule has 1 heterocycles. The van der Waals surface area contributed by atoms with Crippen molar-refractivity contribution >= 4 is 39.3 Å². The molecule has 2 rings (SSSR count). The van der Waals surface area contributed by atoms with Gasteiger partial charge in [0, 0.05) is 21.5 Å². The van der Waals surface area contributed by atoms with Crippen molar-refractivity contribution in [2.45, 2.75) is 12.8 Å². The third-order valence-corrected chi connectivity index (χ3v) is 3.62. The molecule has 0 aliphatic rings. The van der Waals surface area contributed by atoms with E-state index in [-0.39, 0.29) is 0 Å². The molecule has 0 aliphatic heterocycles. The van der Waals surface area contributed by atoms with Gasteiger partial charge in [0.25, 0.3) is 0 Å². The van der Waals surface area contributed by atoms with Gasteiger partial charge in [0.05, 0.1) is 0 Å². The molecule has 0 saturated heterocycles. The number of aryl methyl sites for hydroxylation is 1. The van der Waals surface area contributed by atoms with Crippen LogP contribution in [0.15, 0.2) is 17.5 Å². The van der Waals surface area contributed by atoms with Crippen molar-refractivity contribution in [3.63, 3.8) is 0 Å². The van der Waals surface area contributed by atoms with Crippen molar-refractivity contribution < 1.29 is 4.79 Å². The lowest BCUT2D eigenvalue weighted by Crippen LogP contribution is -1.88. The standard InChI is InChI=1S/C11H9ClOS/c1-7-2-3-10-11(9(7)5-13)8(4-12)6-14-10/h2-3,5-6H,4H2,1H3. The van der Waals surface area contributed by atoms with Crippen LogP contribution >= 0.6 is 22.9 Å². The van der Waals surface area contributed by atoms with Crippen molar-refractivity contribution in [2.24, 2.45) is 0 Å². The van der Waals surface area contributed by atoms with E-state index in [1.165, 1.54) is 0 Å². The molecule has 0 saturated carbocycles. The van der Waals surface area contributed by atoms with Crippen LogP contribution in [0.1, 0.15) is 21.5 Å². The summed E-state index contributed by atoms with van der Waals surface area (Å²) < 4.78 is 1.13. The van der Waals surface area contributed by atoms with Gasteiger partial charge in [-0.1, -0.05) is 6.07 Å². The van der Waals surface area contributed by atoms with Crippen LogP contribution in [0.5, 0.6) is 0 Å². The van der Waals surface area contributed by atoms with E-state index in [1.54, 1.807) is 11.3 Å². The van der Waals surface area contributed by atoms with Crippen LogP contribution in [-0.2, 0) is 5.88 Å². The van der Waals surface area contributed by atoms with Crippen LogP contribution < -0.4 is 0 Å². The summed E-state index contributed by atoms with van der Waals surface area (Å²) in [6.07, 6.45) is 0.917. The zero-order valence-corrected chi connectivity index (χ0v) is 9.28. The second kappa shape index (κ2) is 3.71. The Labute approximate surface area is 91.3 Å². The molecule has 72 valence electrons. The Bertz CT molecular complexity index is 487. The van der Waals surface area contributed by atoms with Crippen LogP contribution in [-0.4, -0.2) is 6.29 Å².